The Balaban J connectivity index is 1.53. The zero-order chi connectivity index (χ0) is 20.8. The summed E-state index contributed by atoms with van der Waals surface area (Å²) in [7, 11) is 1.58. The first-order valence-electron chi connectivity index (χ1n) is 9.26. The highest BCUT2D eigenvalue weighted by Gasteiger charge is 2.22. The minimum absolute atomic E-state index is 0.135. The van der Waals surface area contributed by atoms with Crippen molar-refractivity contribution in [3.05, 3.63) is 58.0 Å². The minimum atomic E-state index is -0.261. The molecule has 0 bridgehead atoms. The lowest BCUT2D eigenvalue weighted by Crippen LogP contribution is -2.18. The van der Waals surface area contributed by atoms with Crippen molar-refractivity contribution < 1.29 is 19.0 Å². The number of ether oxygens (including phenoxy) is 3. The van der Waals surface area contributed by atoms with Crippen LogP contribution in [0.4, 0.5) is 0 Å². The normalized spacial score (nSPS) is 14.8. The SMILES string of the molecule is COc1cc(C=C2SC(=N)NC2=O)ccc1OCCCOc1cc(C)cc(C)c1. The van der Waals surface area contributed by atoms with E-state index < -0.39 is 0 Å². The van der Waals surface area contributed by atoms with E-state index in [1.165, 1.54) is 11.1 Å². The van der Waals surface area contributed by atoms with E-state index >= 15 is 0 Å². The highest BCUT2D eigenvalue weighted by molar-refractivity contribution is 8.18. The van der Waals surface area contributed by atoms with E-state index in [-0.39, 0.29) is 11.1 Å². The lowest BCUT2D eigenvalue weighted by atomic mass is 10.1. The molecular weight excluding hydrogens is 388 g/mol. The number of benzene rings is 2. The fourth-order valence-electron chi connectivity index (χ4n) is 2.93. The number of aryl methyl sites for hydroxylation is 2. The number of nitrogens with one attached hydrogen (secondary N) is 2. The molecule has 0 unspecified atom stereocenters. The van der Waals surface area contributed by atoms with E-state index in [2.05, 4.69) is 25.2 Å². The van der Waals surface area contributed by atoms with E-state index in [0.29, 0.717) is 29.6 Å². The molecule has 152 valence electrons. The highest BCUT2D eigenvalue weighted by Crippen LogP contribution is 2.31. The lowest BCUT2D eigenvalue weighted by molar-refractivity contribution is -0.115. The number of hydrogen-bond donors (Lipinski definition) is 2. The fraction of sp³-hybridized carbons (Fsp3) is 0.273. The Kier molecular flexibility index (Phi) is 6.82. The third-order valence-electron chi connectivity index (χ3n) is 4.16. The van der Waals surface area contributed by atoms with Crippen molar-refractivity contribution in [2.75, 3.05) is 20.3 Å². The van der Waals surface area contributed by atoms with Crippen LogP contribution in [0.15, 0.2) is 41.3 Å². The molecule has 1 saturated heterocycles. The summed E-state index contributed by atoms with van der Waals surface area (Å²) in [5.74, 6) is 1.84. The van der Waals surface area contributed by atoms with Crippen molar-refractivity contribution in [3.8, 4) is 17.2 Å². The number of carbonyl (C=O) groups excluding carboxylic acids is 1. The third-order valence-corrected chi connectivity index (χ3v) is 4.99. The van der Waals surface area contributed by atoms with Crippen LogP contribution in [0.2, 0.25) is 0 Å². The van der Waals surface area contributed by atoms with E-state index in [0.717, 1.165) is 29.5 Å². The molecule has 0 aliphatic carbocycles. The van der Waals surface area contributed by atoms with Crippen molar-refractivity contribution in [3.63, 3.8) is 0 Å². The molecule has 1 aliphatic rings. The number of amides is 1. The summed E-state index contributed by atoms with van der Waals surface area (Å²) in [6, 6.07) is 11.6. The van der Waals surface area contributed by atoms with E-state index in [9.17, 15) is 4.79 Å². The standard InChI is InChI=1S/C22H24N2O4S/c1-14-9-15(2)11-17(10-14)27-7-4-8-28-18-6-5-16(12-19(18)26-3)13-20-21(25)24-22(23)29-20/h5-6,9-13H,4,7-8H2,1-3H3,(H2,23,24,25). The first-order chi connectivity index (χ1) is 13.9. The summed E-state index contributed by atoms with van der Waals surface area (Å²) in [6.45, 7) is 5.16. The maximum Gasteiger partial charge on any atom is 0.264 e. The summed E-state index contributed by atoms with van der Waals surface area (Å²) >= 11 is 1.10. The quantitative estimate of drug-likeness (QED) is 0.499. The number of hydrogen-bond acceptors (Lipinski definition) is 6. The van der Waals surface area contributed by atoms with E-state index in [1.807, 2.05) is 30.3 Å². The summed E-state index contributed by atoms with van der Waals surface area (Å²) in [5.41, 5.74) is 3.17. The Bertz CT molecular complexity index is 936. The van der Waals surface area contributed by atoms with Gasteiger partial charge in [0.15, 0.2) is 16.7 Å². The van der Waals surface area contributed by atoms with Gasteiger partial charge in [0.05, 0.1) is 25.2 Å². The zero-order valence-corrected chi connectivity index (χ0v) is 17.5. The average Bonchev–Trinajstić information content (AvgIpc) is 2.98. The Labute approximate surface area is 174 Å². The maximum atomic E-state index is 11.7. The number of amidine groups is 1. The van der Waals surface area contributed by atoms with Gasteiger partial charge in [-0.15, -0.1) is 0 Å². The van der Waals surface area contributed by atoms with Crippen molar-refractivity contribution >= 4 is 28.9 Å². The first-order valence-corrected chi connectivity index (χ1v) is 10.1. The molecule has 7 heteroatoms. The van der Waals surface area contributed by atoms with Crippen LogP contribution in [0.5, 0.6) is 17.2 Å². The van der Waals surface area contributed by atoms with Gasteiger partial charge in [-0.25, -0.2) is 0 Å². The molecule has 0 atom stereocenters. The number of thioether (sulfide) groups is 1. The van der Waals surface area contributed by atoms with Gasteiger partial charge >= 0.3 is 0 Å². The zero-order valence-electron chi connectivity index (χ0n) is 16.7. The van der Waals surface area contributed by atoms with Crippen molar-refractivity contribution in [1.29, 1.82) is 5.41 Å². The maximum absolute atomic E-state index is 11.7. The lowest BCUT2D eigenvalue weighted by Gasteiger charge is -2.12. The van der Waals surface area contributed by atoms with Gasteiger partial charge in [-0.3, -0.25) is 10.2 Å². The molecule has 2 aromatic rings. The predicted molar refractivity (Wildman–Crippen MR) is 116 cm³/mol. The molecule has 1 aliphatic heterocycles. The van der Waals surface area contributed by atoms with Crippen LogP contribution < -0.4 is 19.5 Å². The summed E-state index contributed by atoms with van der Waals surface area (Å²) in [4.78, 5) is 12.2. The van der Waals surface area contributed by atoms with E-state index in [4.69, 9.17) is 19.6 Å². The number of rotatable bonds is 8. The summed E-state index contributed by atoms with van der Waals surface area (Å²) in [5, 5.41) is 10.1. The Morgan fingerprint density at radius 1 is 1.03 bits per heavy atom. The number of carbonyl (C=O) groups is 1. The monoisotopic (exact) mass is 412 g/mol. The van der Waals surface area contributed by atoms with Gasteiger partial charge < -0.3 is 19.5 Å². The van der Waals surface area contributed by atoms with Crippen LogP contribution in [0.3, 0.4) is 0 Å². The number of methoxy groups -OCH3 is 1. The smallest absolute Gasteiger partial charge is 0.264 e. The van der Waals surface area contributed by atoms with Crippen molar-refractivity contribution in [2.45, 2.75) is 20.3 Å². The molecule has 3 rings (SSSR count). The van der Waals surface area contributed by atoms with Crippen molar-refractivity contribution in [1.82, 2.24) is 5.32 Å². The second kappa shape index (κ2) is 9.52. The van der Waals surface area contributed by atoms with Crippen LogP contribution >= 0.6 is 11.8 Å². The first kappa shape index (κ1) is 20.8. The summed E-state index contributed by atoms with van der Waals surface area (Å²) in [6.07, 6.45) is 2.46. The average molecular weight is 413 g/mol. The van der Waals surface area contributed by atoms with Crippen LogP contribution in [0, 0.1) is 19.3 Å². The fourth-order valence-corrected chi connectivity index (χ4v) is 3.64. The van der Waals surface area contributed by atoms with Crippen LogP contribution in [-0.2, 0) is 4.79 Å². The van der Waals surface area contributed by atoms with Crippen LogP contribution in [-0.4, -0.2) is 31.4 Å². The molecule has 1 amide bonds. The second-order valence-electron chi connectivity index (χ2n) is 6.68. The van der Waals surface area contributed by atoms with Gasteiger partial charge in [0.2, 0.25) is 0 Å². The van der Waals surface area contributed by atoms with Crippen molar-refractivity contribution in [2.24, 2.45) is 0 Å². The van der Waals surface area contributed by atoms with Gasteiger partial charge in [0, 0.05) is 6.42 Å². The highest BCUT2D eigenvalue weighted by atomic mass is 32.2. The second-order valence-corrected chi connectivity index (χ2v) is 7.73. The van der Waals surface area contributed by atoms with Gasteiger partial charge in [-0.05, 0) is 72.6 Å². The summed E-state index contributed by atoms with van der Waals surface area (Å²) < 4.78 is 17.0. The Morgan fingerprint density at radius 3 is 2.41 bits per heavy atom. The molecule has 1 fully saturated rings. The Hall–Kier alpha value is -2.93. The largest absolute Gasteiger partial charge is 0.493 e. The van der Waals surface area contributed by atoms with Crippen LogP contribution in [0.1, 0.15) is 23.1 Å². The topological polar surface area (TPSA) is 80.6 Å². The molecule has 0 radical (unpaired) electrons. The van der Waals surface area contributed by atoms with Gasteiger partial charge in [-0.1, -0.05) is 12.1 Å². The van der Waals surface area contributed by atoms with Crippen LogP contribution in [0.25, 0.3) is 6.08 Å². The molecule has 6 nitrogen and oxygen atoms in total. The Morgan fingerprint density at radius 2 is 1.76 bits per heavy atom. The van der Waals surface area contributed by atoms with Gasteiger partial charge in [0.1, 0.15) is 5.75 Å². The van der Waals surface area contributed by atoms with E-state index in [1.54, 1.807) is 13.2 Å². The molecule has 0 aromatic heterocycles. The minimum Gasteiger partial charge on any atom is -0.493 e. The van der Waals surface area contributed by atoms with Gasteiger partial charge in [-0.2, -0.15) is 0 Å². The molecular formula is C22H24N2O4S. The molecule has 0 saturated carbocycles. The predicted octanol–water partition coefficient (Wildman–Crippen LogP) is 4.30. The molecule has 1 heterocycles. The third kappa shape index (κ3) is 5.77. The molecule has 0 spiro atoms. The van der Waals surface area contributed by atoms with Gasteiger partial charge in [0.25, 0.3) is 5.91 Å². The molecule has 2 aromatic carbocycles. The molecule has 2 N–H and O–H groups in total. The molecule has 29 heavy (non-hydrogen) atoms.